The molecule has 5 nitrogen and oxygen atoms in total. The van der Waals surface area contributed by atoms with Crippen molar-refractivity contribution in [3.05, 3.63) is 28.8 Å². The third-order valence-electron chi connectivity index (χ3n) is 4.15. The Morgan fingerprint density at radius 3 is 2.44 bits per heavy atom. The first-order valence-electron chi connectivity index (χ1n) is 9.17. The lowest BCUT2D eigenvalue weighted by atomic mass is 9.90. The van der Waals surface area contributed by atoms with Gasteiger partial charge in [-0.25, -0.2) is 9.59 Å². The van der Waals surface area contributed by atoms with Crippen molar-refractivity contribution in [2.24, 2.45) is 5.92 Å². The van der Waals surface area contributed by atoms with Crippen molar-refractivity contribution in [3.63, 3.8) is 0 Å². The summed E-state index contributed by atoms with van der Waals surface area (Å²) in [6.45, 7) is 8.19. The van der Waals surface area contributed by atoms with Gasteiger partial charge in [0.15, 0.2) is 0 Å². The molecule has 1 rings (SSSR count). The van der Waals surface area contributed by atoms with E-state index in [1.54, 1.807) is 19.1 Å². The van der Waals surface area contributed by atoms with Crippen LogP contribution in [-0.4, -0.2) is 23.8 Å². The van der Waals surface area contributed by atoms with E-state index in [1.165, 1.54) is 0 Å². The summed E-state index contributed by atoms with van der Waals surface area (Å²) in [6, 6.07) is 3.38. The van der Waals surface area contributed by atoms with Crippen molar-refractivity contribution in [1.82, 2.24) is 0 Å². The second-order valence-corrected chi connectivity index (χ2v) is 6.37. The number of unbranched alkanes of at least 4 members (excludes halogenated alkanes) is 1. The first-order valence-corrected chi connectivity index (χ1v) is 9.17. The predicted molar refractivity (Wildman–Crippen MR) is 97.4 cm³/mol. The molecule has 1 aromatic carbocycles. The average molecular weight is 350 g/mol. The number of carboxylic acids is 1. The molecule has 0 fully saturated rings. The van der Waals surface area contributed by atoms with E-state index in [2.05, 4.69) is 20.8 Å². The zero-order valence-electron chi connectivity index (χ0n) is 15.8. The maximum atomic E-state index is 11.9. The van der Waals surface area contributed by atoms with Crippen LogP contribution < -0.4 is 4.74 Å². The maximum absolute atomic E-state index is 11.9. The molecule has 0 aromatic heterocycles. The van der Waals surface area contributed by atoms with Gasteiger partial charge in [0.05, 0.1) is 12.2 Å². The molecule has 0 aliphatic carbocycles. The van der Waals surface area contributed by atoms with Gasteiger partial charge in [-0.1, -0.05) is 46.1 Å². The second-order valence-electron chi connectivity index (χ2n) is 6.37. The smallest absolute Gasteiger partial charge is 0.478 e. The van der Waals surface area contributed by atoms with Crippen LogP contribution in [0.5, 0.6) is 5.75 Å². The van der Waals surface area contributed by atoms with Crippen molar-refractivity contribution in [1.29, 1.82) is 0 Å². The van der Waals surface area contributed by atoms with E-state index >= 15 is 0 Å². The molecule has 0 saturated heterocycles. The van der Waals surface area contributed by atoms with Crippen LogP contribution in [0.15, 0.2) is 12.1 Å². The van der Waals surface area contributed by atoms with Gasteiger partial charge in [-0.3, -0.25) is 0 Å². The first kappa shape index (κ1) is 21.0. The Morgan fingerprint density at radius 1 is 1.16 bits per heavy atom. The molecule has 5 heteroatoms. The highest BCUT2D eigenvalue weighted by Gasteiger charge is 2.22. The predicted octanol–water partition coefficient (Wildman–Crippen LogP) is 5.24. The van der Waals surface area contributed by atoms with Gasteiger partial charge < -0.3 is 14.6 Å². The highest BCUT2D eigenvalue weighted by molar-refractivity contribution is 5.91. The minimum Gasteiger partial charge on any atom is -0.478 e. The van der Waals surface area contributed by atoms with Crippen LogP contribution >= 0.6 is 0 Å². The summed E-state index contributed by atoms with van der Waals surface area (Å²) in [5, 5.41) is 9.57. The van der Waals surface area contributed by atoms with Gasteiger partial charge in [0.1, 0.15) is 5.75 Å². The number of rotatable bonds is 10. The maximum Gasteiger partial charge on any atom is 0.513 e. The molecule has 0 radical (unpaired) electrons. The second kappa shape index (κ2) is 10.7. The summed E-state index contributed by atoms with van der Waals surface area (Å²) >= 11 is 0. The van der Waals surface area contributed by atoms with Crippen molar-refractivity contribution < 1.29 is 24.2 Å². The van der Waals surface area contributed by atoms with Gasteiger partial charge in [0.25, 0.3) is 0 Å². The molecule has 1 unspecified atom stereocenters. The van der Waals surface area contributed by atoms with Crippen LogP contribution in [0.25, 0.3) is 0 Å². The Balaban J connectivity index is 3.35. The van der Waals surface area contributed by atoms with E-state index < -0.39 is 12.1 Å². The molecule has 0 heterocycles. The molecule has 1 aromatic rings. The molecule has 0 spiro atoms. The summed E-state index contributed by atoms with van der Waals surface area (Å²) < 4.78 is 10.4. The standard InChI is InChI=1S/C20H30O5/c1-5-8-10-15-11-12-16(19(21)22)17(13-14(4)9-6-2)18(15)25-20(23)24-7-3/h11-12,14H,5-10,13H2,1-4H3,(H,21,22). The number of aromatic carboxylic acids is 1. The van der Waals surface area contributed by atoms with Crippen molar-refractivity contribution in [2.45, 2.75) is 66.2 Å². The Hall–Kier alpha value is -2.04. The number of carboxylic acid groups (broad SMARTS) is 1. The molecule has 1 atom stereocenters. The Bertz CT molecular complexity index is 580. The van der Waals surface area contributed by atoms with Crippen LogP contribution in [0.4, 0.5) is 4.79 Å². The fourth-order valence-electron chi connectivity index (χ4n) is 2.94. The first-order chi connectivity index (χ1) is 11.9. The van der Waals surface area contributed by atoms with Crippen LogP contribution in [-0.2, 0) is 17.6 Å². The van der Waals surface area contributed by atoms with E-state index in [9.17, 15) is 14.7 Å². The third-order valence-corrected chi connectivity index (χ3v) is 4.15. The van der Waals surface area contributed by atoms with Crippen molar-refractivity contribution >= 4 is 12.1 Å². The molecule has 1 N–H and O–H groups in total. The van der Waals surface area contributed by atoms with Crippen molar-refractivity contribution in [3.8, 4) is 5.75 Å². The SMILES string of the molecule is CCCCc1ccc(C(=O)O)c(CC(C)CCC)c1OC(=O)OCC. The molecular weight excluding hydrogens is 320 g/mol. The van der Waals surface area contributed by atoms with Crippen LogP contribution in [0.1, 0.15) is 74.9 Å². The summed E-state index contributed by atoms with van der Waals surface area (Å²) in [6.07, 6.45) is 4.46. The van der Waals surface area contributed by atoms with Gasteiger partial charge in [-0.15, -0.1) is 0 Å². The van der Waals surface area contributed by atoms with Gasteiger partial charge >= 0.3 is 12.1 Å². The normalized spacial score (nSPS) is 11.8. The van der Waals surface area contributed by atoms with Crippen molar-refractivity contribution in [2.75, 3.05) is 6.61 Å². The minimum atomic E-state index is -1.01. The van der Waals surface area contributed by atoms with Gasteiger partial charge in [0, 0.05) is 5.56 Å². The number of hydrogen-bond donors (Lipinski definition) is 1. The zero-order chi connectivity index (χ0) is 18.8. The summed E-state index contributed by atoms with van der Waals surface area (Å²) in [7, 11) is 0. The molecule has 0 aliphatic heterocycles. The lowest BCUT2D eigenvalue weighted by molar-refractivity contribution is 0.0692. The van der Waals surface area contributed by atoms with Crippen LogP contribution in [0, 0.1) is 5.92 Å². The van der Waals surface area contributed by atoms with Crippen LogP contribution in [0.3, 0.4) is 0 Å². The highest BCUT2D eigenvalue weighted by Crippen LogP contribution is 2.32. The monoisotopic (exact) mass is 350 g/mol. The van der Waals surface area contributed by atoms with Gasteiger partial charge in [-0.2, -0.15) is 0 Å². The Kier molecular flexibility index (Phi) is 9.03. The fraction of sp³-hybridized carbons (Fsp3) is 0.600. The lowest BCUT2D eigenvalue weighted by Gasteiger charge is -2.19. The number of ether oxygens (including phenoxy) is 2. The molecule has 0 bridgehead atoms. The van der Waals surface area contributed by atoms with E-state index in [0.29, 0.717) is 23.7 Å². The number of hydrogen-bond acceptors (Lipinski definition) is 4. The highest BCUT2D eigenvalue weighted by atomic mass is 16.7. The number of carbonyl (C=O) groups is 2. The average Bonchev–Trinajstić information content (AvgIpc) is 2.55. The largest absolute Gasteiger partial charge is 0.513 e. The number of carbonyl (C=O) groups excluding carboxylic acids is 1. The molecule has 0 amide bonds. The number of benzene rings is 1. The topological polar surface area (TPSA) is 72.8 Å². The lowest BCUT2D eigenvalue weighted by Crippen LogP contribution is -2.16. The van der Waals surface area contributed by atoms with E-state index in [0.717, 1.165) is 37.7 Å². The van der Waals surface area contributed by atoms with Crippen LogP contribution in [0.2, 0.25) is 0 Å². The molecule has 0 saturated carbocycles. The van der Waals surface area contributed by atoms with E-state index in [-0.39, 0.29) is 12.2 Å². The van der Waals surface area contributed by atoms with E-state index in [4.69, 9.17) is 9.47 Å². The summed E-state index contributed by atoms with van der Waals surface area (Å²) in [5.41, 5.74) is 1.65. The summed E-state index contributed by atoms with van der Waals surface area (Å²) in [5.74, 6) is -0.335. The Morgan fingerprint density at radius 2 is 1.88 bits per heavy atom. The molecule has 140 valence electrons. The molecular formula is C20H30O5. The van der Waals surface area contributed by atoms with Gasteiger partial charge in [-0.05, 0) is 43.7 Å². The zero-order valence-corrected chi connectivity index (χ0v) is 15.8. The molecule has 25 heavy (non-hydrogen) atoms. The quantitative estimate of drug-likeness (QED) is 0.461. The summed E-state index contributed by atoms with van der Waals surface area (Å²) in [4.78, 5) is 23.6. The van der Waals surface area contributed by atoms with E-state index in [1.807, 2.05) is 0 Å². The molecule has 0 aliphatic rings. The third kappa shape index (κ3) is 6.40. The minimum absolute atomic E-state index is 0.197. The van der Waals surface area contributed by atoms with Gasteiger partial charge in [0.2, 0.25) is 0 Å². The Labute approximate surface area is 150 Å². The fourth-order valence-corrected chi connectivity index (χ4v) is 2.94. The number of aryl methyl sites for hydroxylation is 1.